The molecule has 0 amide bonds. The standard InChI is InChI=1S/C28H30N2O2S/c31-33(32,28-18-17-24-12-7-8-13-25(24)20-28)30(26-14-5-2-6-15-26)22-27-16-9-19-29(27)21-23-10-3-1-4-11-23/h1,3-4,7-13,16-20,26H,2,5-6,14-15,21-22H2. The third kappa shape index (κ3) is 4.75. The minimum atomic E-state index is -3.64. The van der Waals surface area contributed by atoms with Gasteiger partial charge in [0.2, 0.25) is 10.0 Å². The van der Waals surface area contributed by atoms with Gasteiger partial charge in [-0.15, -0.1) is 0 Å². The Kier molecular flexibility index (Phi) is 6.34. The summed E-state index contributed by atoms with van der Waals surface area (Å²) in [6.07, 6.45) is 7.24. The second kappa shape index (κ2) is 9.54. The van der Waals surface area contributed by atoms with Gasteiger partial charge in [0.05, 0.1) is 11.4 Å². The predicted molar refractivity (Wildman–Crippen MR) is 134 cm³/mol. The second-order valence-corrected chi connectivity index (χ2v) is 10.9. The van der Waals surface area contributed by atoms with E-state index >= 15 is 0 Å². The van der Waals surface area contributed by atoms with Gasteiger partial charge in [0.1, 0.15) is 0 Å². The third-order valence-corrected chi connectivity index (χ3v) is 8.64. The average Bonchev–Trinajstić information content (AvgIpc) is 3.29. The maximum atomic E-state index is 14.0. The molecule has 4 nitrogen and oxygen atoms in total. The van der Waals surface area contributed by atoms with Gasteiger partial charge in [0.15, 0.2) is 0 Å². The summed E-state index contributed by atoms with van der Waals surface area (Å²) < 4.78 is 31.9. The van der Waals surface area contributed by atoms with Gasteiger partial charge in [-0.2, -0.15) is 4.31 Å². The molecule has 0 spiro atoms. The van der Waals surface area contributed by atoms with Crippen LogP contribution in [0.2, 0.25) is 0 Å². The van der Waals surface area contributed by atoms with Gasteiger partial charge in [-0.1, -0.05) is 79.9 Å². The zero-order chi connectivity index (χ0) is 22.7. The van der Waals surface area contributed by atoms with Crippen LogP contribution < -0.4 is 0 Å². The van der Waals surface area contributed by atoms with Gasteiger partial charge in [-0.25, -0.2) is 8.42 Å². The van der Waals surface area contributed by atoms with E-state index in [1.807, 2.05) is 66.9 Å². The molecule has 0 atom stereocenters. The Balaban J connectivity index is 1.49. The number of aromatic nitrogens is 1. The summed E-state index contributed by atoms with van der Waals surface area (Å²) in [6, 6.07) is 27.8. The number of hydrogen-bond acceptors (Lipinski definition) is 2. The summed E-state index contributed by atoms with van der Waals surface area (Å²) >= 11 is 0. The zero-order valence-corrected chi connectivity index (χ0v) is 19.6. The first-order chi connectivity index (χ1) is 16.1. The molecule has 1 fully saturated rings. The molecule has 1 saturated carbocycles. The van der Waals surface area contributed by atoms with Crippen molar-refractivity contribution in [1.29, 1.82) is 0 Å². The highest BCUT2D eigenvalue weighted by Gasteiger charge is 2.33. The van der Waals surface area contributed by atoms with E-state index in [1.54, 1.807) is 10.4 Å². The molecule has 1 aliphatic rings. The van der Waals surface area contributed by atoms with Crippen LogP contribution in [0.1, 0.15) is 43.4 Å². The van der Waals surface area contributed by atoms with Gasteiger partial charge < -0.3 is 4.57 Å². The summed E-state index contributed by atoms with van der Waals surface area (Å²) in [5.41, 5.74) is 2.23. The summed E-state index contributed by atoms with van der Waals surface area (Å²) in [6.45, 7) is 1.12. The van der Waals surface area contributed by atoms with Crippen LogP contribution in [0.15, 0.2) is 96.0 Å². The molecular weight excluding hydrogens is 428 g/mol. The Bertz CT molecular complexity index is 1320. The summed E-state index contributed by atoms with van der Waals surface area (Å²) in [5, 5.41) is 2.01. The third-order valence-electron chi connectivity index (χ3n) is 6.75. The van der Waals surface area contributed by atoms with Gasteiger partial charge >= 0.3 is 0 Å². The zero-order valence-electron chi connectivity index (χ0n) is 18.8. The maximum absolute atomic E-state index is 14.0. The number of nitrogens with zero attached hydrogens (tertiary/aromatic N) is 2. The molecule has 3 aromatic carbocycles. The average molecular weight is 459 g/mol. The van der Waals surface area contributed by atoms with Crippen molar-refractivity contribution in [3.05, 3.63) is 102 Å². The molecule has 0 radical (unpaired) electrons. The summed E-state index contributed by atoms with van der Waals surface area (Å²) in [7, 11) is -3.64. The van der Waals surface area contributed by atoms with Gasteiger partial charge in [-0.05, 0) is 53.4 Å². The van der Waals surface area contributed by atoms with E-state index in [1.165, 1.54) is 12.0 Å². The molecule has 4 aromatic rings. The van der Waals surface area contributed by atoms with Gasteiger partial charge in [0, 0.05) is 24.5 Å². The van der Waals surface area contributed by atoms with Gasteiger partial charge in [0.25, 0.3) is 0 Å². The number of fused-ring (bicyclic) bond motifs is 1. The fraction of sp³-hybridized carbons (Fsp3) is 0.286. The lowest BCUT2D eigenvalue weighted by Gasteiger charge is -2.33. The fourth-order valence-electron chi connectivity index (χ4n) is 4.93. The van der Waals surface area contributed by atoms with Crippen molar-refractivity contribution in [3.8, 4) is 0 Å². The molecule has 0 bridgehead atoms. The van der Waals surface area contributed by atoms with Crippen LogP contribution in [0.25, 0.3) is 10.8 Å². The van der Waals surface area contributed by atoms with Crippen LogP contribution in [0.4, 0.5) is 0 Å². The highest BCUT2D eigenvalue weighted by atomic mass is 32.2. The summed E-state index contributed by atoms with van der Waals surface area (Å²) in [5.74, 6) is 0. The first kappa shape index (κ1) is 21.9. The van der Waals surface area contributed by atoms with Crippen molar-refractivity contribution < 1.29 is 8.42 Å². The first-order valence-electron chi connectivity index (χ1n) is 11.8. The van der Waals surface area contributed by atoms with Crippen molar-refractivity contribution in [2.75, 3.05) is 0 Å². The van der Waals surface area contributed by atoms with Gasteiger partial charge in [-0.3, -0.25) is 0 Å². The van der Waals surface area contributed by atoms with E-state index in [-0.39, 0.29) is 6.04 Å². The van der Waals surface area contributed by atoms with Crippen LogP contribution in [-0.2, 0) is 23.1 Å². The Morgan fingerprint density at radius 1 is 0.788 bits per heavy atom. The normalized spacial score (nSPS) is 15.3. The molecule has 33 heavy (non-hydrogen) atoms. The molecule has 0 saturated heterocycles. The monoisotopic (exact) mass is 458 g/mol. The molecule has 5 heteroatoms. The Morgan fingerprint density at radius 2 is 1.52 bits per heavy atom. The number of sulfonamides is 1. The van der Waals surface area contributed by atoms with E-state index in [0.717, 1.165) is 48.7 Å². The van der Waals surface area contributed by atoms with Crippen LogP contribution in [-0.4, -0.2) is 23.3 Å². The lowest BCUT2D eigenvalue weighted by Crippen LogP contribution is -2.41. The molecule has 0 aliphatic heterocycles. The lowest BCUT2D eigenvalue weighted by atomic mass is 9.95. The molecule has 1 aromatic heterocycles. The second-order valence-electron chi connectivity index (χ2n) is 8.96. The van der Waals surface area contributed by atoms with Crippen LogP contribution in [0.3, 0.4) is 0 Å². The smallest absolute Gasteiger partial charge is 0.243 e. The van der Waals surface area contributed by atoms with Crippen molar-refractivity contribution in [2.24, 2.45) is 0 Å². The van der Waals surface area contributed by atoms with E-state index < -0.39 is 10.0 Å². The Morgan fingerprint density at radius 3 is 2.30 bits per heavy atom. The molecule has 1 aliphatic carbocycles. The van der Waals surface area contributed by atoms with E-state index in [4.69, 9.17) is 0 Å². The highest BCUT2D eigenvalue weighted by molar-refractivity contribution is 7.89. The van der Waals surface area contributed by atoms with Crippen LogP contribution in [0, 0.1) is 0 Å². The van der Waals surface area contributed by atoms with E-state index in [9.17, 15) is 8.42 Å². The maximum Gasteiger partial charge on any atom is 0.243 e. The SMILES string of the molecule is O=S(=O)(c1ccc2ccccc2c1)N(Cc1cccn1Cc1ccccc1)C1CCCCC1. The highest BCUT2D eigenvalue weighted by Crippen LogP contribution is 2.31. The lowest BCUT2D eigenvalue weighted by molar-refractivity contribution is 0.244. The topological polar surface area (TPSA) is 42.3 Å². The number of hydrogen-bond donors (Lipinski definition) is 0. The molecule has 1 heterocycles. The Labute approximate surface area is 196 Å². The van der Waals surface area contributed by atoms with Crippen molar-refractivity contribution in [3.63, 3.8) is 0 Å². The van der Waals surface area contributed by atoms with Crippen LogP contribution in [0.5, 0.6) is 0 Å². The number of benzene rings is 3. The van der Waals surface area contributed by atoms with Crippen molar-refractivity contribution in [2.45, 2.75) is 56.1 Å². The largest absolute Gasteiger partial charge is 0.346 e. The van der Waals surface area contributed by atoms with E-state index in [2.05, 4.69) is 22.8 Å². The molecular formula is C28H30N2O2S. The quantitative estimate of drug-likeness (QED) is 0.330. The molecule has 5 rings (SSSR count). The summed E-state index contributed by atoms with van der Waals surface area (Å²) in [4.78, 5) is 0.382. The number of rotatable bonds is 7. The minimum Gasteiger partial charge on any atom is -0.346 e. The first-order valence-corrected chi connectivity index (χ1v) is 13.2. The van der Waals surface area contributed by atoms with E-state index in [0.29, 0.717) is 11.4 Å². The predicted octanol–water partition coefficient (Wildman–Crippen LogP) is 6.21. The molecule has 0 N–H and O–H groups in total. The van der Waals surface area contributed by atoms with Crippen LogP contribution >= 0.6 is 0 Å². The Hall–Kier alpha value is -2.89. The molecule has 170 valence electrons. The molecule has 0 unspecified atom stereocenters. The van der Waals surface area contributed by atoms with Crippen molar-refractivity contribution >= 4 is 20.8 Å². The minimum absolute atomic E-state index is 0.0373. The fourth-order valence-corrected chi connectivity index (χ4v) is 6.62. The van der Waals surface area contributed by atoms with Crippen molar-refractivity contribution in [1.82, 2.24) is 8.87 Å².